The van der Waals surface area contributed by atoms with Gasteiger partial charge in [0, 0.05) is 19.2 Å². The summed E-state index contributed by atoms with van der Waals surface area (Å²) in [7, 11) is 1.55. The predicted octanol–water partition coefficient (Wildman–Crippen LogP) is 2.56. The van der Waals surface area contributed by atoms with Gasteiger partial charge >= 0.3 is 5.97 Å². The van der Waals surface area contributed by atoms with E-state index < -0.39 is 5.97 Å². The summed E-state index contributed by atoms with van der Waals surface area (Å²) >= 11 is 1.25. The van der Waals surface area contributed by atoms with Gasteiger partial charge in [-0.3, -0.25) is 9.59 Å². The van der Waals surface area contributed by atoms with Gasteiger partial charge in [-0.05, 0) is 24.1 Å². The topological polar surface area (TPSA) is 88.5 Å². The highest BCUT2D eigenvalue weighted by Crippen LogP contribution is 2.18. The SMILES string of the molecule is COCc1ncsc1C(=O)Nc1cccc(CCC(=O)O)c1. The molecule has 1 aromatic carbocycles. The number of carboxylic acids is 1. The van der Waals surface area contributed by atoms with Crippen LogP contribution in [-0.4, -0.2) is 29.1 Å². The smallest absolute Gasteiger partial charge is 0.303 e. The van der Waals surface area contributed by atoms with Crippen LogP contribution in [0.4, 0.5) is 5.69 Å². The molecule has 2 aromatic rings. The number of ether oxygens (including phenoxy) is 1. The summed E-state index contributed by atoms with van der Waals surface area (Å²) in [6, 6.07) is 7.16. The number of methoxy groups -OCH3 is 1. The molecule has 0 saturated carbocycles. The Morgan fingerprint density at radius 1 is 1.41 bits per heavy atom. The molecule has 0 atom stereocenters. The Hall–Kier alpha value is -2.25. The van der Waals surface area contributed by atoms with Crippen molar-refractivity contribution in [1.29, 1.82) is 0 Å². The molecule has 22 heavy (non-hydrogen) atoms. The summed E-state index contributed by atoms with van der Waals surface area (Å²) < 4.78 is 5.01. The fourth-order valence-corrected chi connectivity index (χ4v) is 2.63. The van der Waals surface area contributed by atoms with Crippen molar-refractivity contribution in [3.63, 3.8) is 0 Å². The molecule has 116 valence electrons. The van der Waals surface area contributed by atoms with Crippen molar-refractivity contribution in [2.45, 2.75) is 19.4 Å². The normalized spacial score (nSPS) is 10.4. The number of hydrogen-bond donors (Lipinski definition) is 2. The quantitative estimate of drug-likeness (QED) is 0.818. The van der Waals surface area contributed by atoms with Gasteiger partial charge in [0.1, 0.15) is 4.88 Å². The molecule has 0 radical (unpaired) electrons. The minimum absolute atomic E-state index is 0.0598. The van der Waals surface area contributed by atoms with E-state index in [2.05, 4.69) is 10.3 Å². The van der Waals surface area contributed by atoms with E-state index in [0.29, 0.717) is 22.7 Å². The largest absolute Gasteiger partial charge is 0.481 e. The molecule has 6 nitrogen and oxygen atoms in total. The number of anilines is 1. The Balaban J connectivity index is 2.06. The van der Waals surface area contributed by atoms with Crippen LogP contribution in [0.25, 0.3) is 0 Å². The molecule has 0 unspecified atom stereocenters. The van der Waals surface area contributed by atoms with Gasteiger partial charge in [-0.1, -0.05) is 12.1 Å². The number of aryl methyl sites for hydroxylation is 1. The number of aromatic nitrogens is 1. The Morgan fingerprint density at radius 2 is 2.23 bits per heavy atom. The molecule has 1 aromatic heterocycles. The van der Waals surface area contributed by atoms with E-state index in [1.54, 1.807) is 30.8 Å². The van der Waals surface area contributed by atoms with Crippen LogP contribution >= 0.6 is 11.3 Å². The van der Waals surface area contributed by atoms with Gasteiger partial charge in [-0.15, -0.1) is 11.3 Å². The maximum atomic E-state index is 12.3. The van der Waals surface area contributed by atoms with Crippen LogP contribution in [0.2, 0.25) is 0 Å². The summed E-state index contributed by atoms with van der Waals surface area (Å²) in [5, 5.41) is 11.5. The van der Waals surface area contributed by atoms with Crippen molar-refractivity contribution in [2.24, 2.45) is 0 Å². The number of rotatable bonds is 7. The lowest BCUT2D eigenvalue weighted by Gasteiger charge is -2.07. The number of nitrogens with one attached hydrogen (secondary N) is 1. The first kappa shape index (κ1) is 16.1. The fraction of sp³-hybridized carbons (Fsp3) is 0.267. The third-order valence-corrected chi connectivity index (χ3v) is 3.81. The molecular weight excluding hydrogens is 304 g/mol. The molecule has 2 rings (SSSR count). The van der Waals surface area contributed by atoms with Crippen LogP contribution < -0.4 is 5.32 Å². The van der Waals surface area contributed by atoms with Crippen LogP contribution in [0.5, 0.6) is 0 Å². The average molecular weight is 320 g/mol. The number of benzene rings is 1. The number of thiazole rings is 1. The highest BCUT2D eigenvalue weighted by atomic mass is 32.1. The van der Waals surface area contributed by atoms with Crippen molar-refractivity contribution in [1.82, 2.24) is 4.98 Å². The molecule has 1 heterocycles. The van der Waals surface area contributed by atoms with E-state index in [1.165, 1.54) is 11.3 Å². The maximum absolute atomic E-state index is 12.3. The van der Waals surface area contributed by atoms with E-state index >= 15 is 0 Å². The van der Waals surface area contributed by atoms with Gasteiger partial charge in [0.25, 0.3) is 5.91 Å². The first-order chi connectivity index (χ1) is 10.6. The Labute approximate surface area is 131 Å². The Bertz CT molecular complexity index is 669. The predicted molar refractivity (Wildman–Crippen MR) is 83.2 cm³/mol. The third-order valence-electron chi connectivity index (χ3n) is 2.94. The number of carbonyl (C=O) groups is 2. The van der Waals surface area contributed by atoms with Crippen LogP contribution in [-0.2, 0) is 22.6 Å². The van der Waals surface area contributed by atoms with Crippen LogP contribution in [0.3, 0.4) is 0 Å². The van der Waals surface area contributed by atoms with Crippen molar-refractivity contribution < 1.29 is 19.4 Å². The van der Waals surface area contributed by atoms with Crippen LogP contribution in [0.1, 0.15) is 27.3 Å². The summed E-state index contributed by atoms with van der Waals surface area (Å²) in [6.07, 6.45) is 0.485. The van der Waals surface area contributed by atoms with Gasteiger partial charge in [0.15, 0.2) is 0 Å². The molecule has 0 bridgehead atoms. The number of carboxylic acid groups (broad SMARTS) is 1. The molecule has 1 amide bonds. The summed E-state index contributed by atoms with van der Waals surface area (Å²) in [5.41, 5.74) is 3.70. The second-order valence-electron chi connectivity index (χ2n) is 4.61. The van der Waals surface area contributed by atoms with E-state index in [1.807, 2.05) is 6.07 Å². The van der Waals surface area contributed by atoms with E-state index in [4.69, 9.17) is 9.84 Å². The van der Waals surface area contributed by atoms with Gasteiger partial charge in [-0.2, -0.15) is 0 Å². The Kier molecular flexibility index (Phi) is 5.62. The van der Waals surface area contributed by atoms with E-state index in [9.17, 15) is 9.59 Å². The second kappa shape index (κ2) is 7.67. The number of nitrogens with zero attached hydrogens (tertiary/aromatic N) is 1. The lowest BCUT2D eigenvalue weighted by molar-refractivity contribution is -0.136. The molecule has 0 spiro atoms. The zero-order valence-corrected chi connectivity index (χ0v) is 12.9. The van der Waals surface area contributed by atoms with Crippen molar-refractivity contribution >= 4 is 28.9 Å². The zero-order chi connectivity index (χ0) is 15.9. The van der Waals surface area contributed by atoms with Gasteiger partial charge in [-0.25, -0.2) is 4.98 Å². The number of carbonyl (C=O) groups excluding carboxylic acids is 1. The van der Waals surface area contributed by atoms with Gasteiger partial charge in [0.05, 0.1) is 17.8 Å². The minimum atomic E-state index is -0.844. The standard InChI is InChI=1S/C15H16N2O4S/c1-21-8-12-14(22-9-16-12)15(20)17-11-4-2-3-10(7-11)5-6-13(18)19/h2-4,7,9H,5-6,8H2,1H3,(H,17,20)(H,18,19). The molecule has 0 aliphatic heterocycles. The molecular formula is C15H16N2O4S. The van der Waals surface area contributed by atoms with Crippen molar-refractivity contribution in [2.75, 3.05) is 12.4 Å². The number of amides is 1. The van der Waals surface area contributed by atoms with E-state index in [-0.39, 0.29) is 18.9 Å². The monoisotopic (exact) mass is 320 g/mol. The second-order valence-corrected chi connectivity index (χ2v) is 5.46. The van der Waals surface area contributed by atoms with Gasteiger partial charge in [0.2, 0.25) is 0 Å². The molecule has 0 aliphatic rings. The molecule has 7 heteroatoms. The Morgan fingerprint density at radius 3 is 2.95 bits per heavy atom. The number of aliphatic carboxylic acids is 1. The van der Waals surface area contributed by atoms with E-state index in [0.717, 1.165) is 5.56 Å². The average Bonchev–Trinajstić information content (AvgIpc) is 2.94. The van der Waals surface area contributed by atoms with Crippen molar-refractivity contribution in [3.8, 4) is 0 Å². The fourth-order valence-electron chi connectivity index (χ4n) is 1.94. The highest BCUT2D eigenvalue weighted by Gasteiger charge is 2.15. The molecule has 0 saturated heterocycles. The van der Waals surface area contributed by atoms with Gasteiger partial charge < -0.3 is 15.2 Å². The summed E-state index contributed by atoms with van der Waals surface area (Å²) in [4.78, 5) is 27.5. The molecule has 2 N–H and O–H groups in total. The minimum Gasteiger partial charge on any atom is -0.481 e. The molecule has 0 fully saturated rings. The number of hydrogen-bond acceptors (Lipinski definition) is 5. The third kappa shape index (κ3) is 4.37. The van der Waals surface area contributed by atoms with Crippen molar-refractivity contribution in [3.05, 3.63) is 45.9 Å². The summed E-state index contributed by atoms with van der Waals surface area (Å²) in [6.45, 7) is 0.283. The van der Waals surface area contributed by atoms with Crippen LogP contribution in [0, 0.1) is 0 Å². The zero-order valence-electron chi connectivity index (χ0n) is 12.0. The summed E-state index contributed by atoms with van der Waals surface area (Å²) in [5.74, 6) is -1.09. The molecule has 0 aliphatic carbocycles. The highest BCUT2D eigenvalue weighted by molar-refractivity contribution is 7.12. The maximum Gasteiger partial charge on any atom is 0.303 e. The van der Waals surface area contributed by atoms with Crippen LogP contribution in [0.15, 0.2) is 29.8 Å². The lowest BCUT2D eigenvalue weighted by Crippen LogP contribution is -2.13. The lowest BCUT2D eigenvalue weighted by atomic mass is 10.1. The first-order valence-corrected chi connectivity index (χ1v) is 7.51. The first-order valence-electron chi connectivity index (χ1n) is 6.63.